The first kappa shape index (κ1) is 14.8. The number of aryl methyl sites for hydroxylation is 1. The van der Waals surface area contributed by atoms with Gasteiger partial charge in [-0.3, -0.25) is 4.98 Å². The molecule has 0 saturated heterocycles. The number of hydrogen-bond donors (Lipinski definition) is 1. The minimum absolute atomic E-state index is 0.264. The summed E-state index contributed by atoms with van der Waals surface area (Å²) in [6, 6.07) is 6.80. The molecular weight excluding hydrogens is 299 g/mol. The summed E-state index contributed by atoms with van der Waals surface area (Å²) < 4.78 is 10.8. The molecule has 0 aliphatic rings. The van der Waals surface area contributed by atoms with Gasteiger partial charge in [-0.1, -0.05) is 23.2 Å². The van der Waals surface area contributed by atoms with Crippen molar-refractivity contribution < 1.29 is 9.47 Å². The summed E-state index contributed by atoms with van der Waals surface area (Å²) in [6.45, 7) is 2.15. The fourth-order valence-electron chi connectivity index (χ4n) is 1.72. The fraction of sp³-hybridized carbons (Fsp3) is 0.214. The summed E-state index contributed by atoms with van der Waals surface area (Å²) >= 11 is 11.8. The summed E-state index contributed by atoms with van der Waals surface area (Å²) in [5.74, 6) is 1.21. The Morgan fingerprint density at radius 3 is 2.55 bits per heavy atom. The highest BCUT2D eigenvalue weighted by molar-refractivity contribution is 6.42. The molecule has 1 aromatic heterocycles. The number of anilines is 1. The predicted molar refractivity (Wildman–Crippen MR) is 80.7 cm³/mol. The van der Waals surface area contributed by atoms with Crippen LogP contribution >= 0.6 is 23.2 Å². The van der Waals surface area contributed by atoms with Crippen LogP contribution in [0.25, 0.3) is 0 Å². The van der Waals surface area contributed by atoms with Gasteiger partial charge in [-0.2, -0.15) is 0 Å². The topological polar surface area (TPSA) is 57.4 Å². The highest BCUT2D eigenvalue weighted by Gasteiger charge is 2.08. The first-order chi connectivity index (χ1) is 9.49. The molecule has 0 aliphatic heterocycles. The molecule has 0 fully saturated rings. The molecule has 2 aromatic rings. The van der Waals surface area contributed by atoms with E-state index in [-0.39, 0.29) is 6.61 Å². The fourth-order valence-corrected chi connectivity index (χ4v) is 2.04. The quantitative estimate of drug-likeness (QED) is 0.871. The minimum Gasteiger partial charge on any atom is -0.497 e. The van der Waals surface area contributed by atoms with Crippen molar-refractivity contribution in [2.75, 3.05) is 12.8 Å². The van der Waals surface area contributed by atoms with Crippen LogP contribution in [-0.2, 0) is 6.61 Å². The van der Waals surface area contributed by atoms with Crippen molar-refractivity contribution in [1.82, 2.24) is 4.98 Å². The minimum atomic E-state index is 0.264. The Morgan fingerprint density at radius 1 is 1.15 bits per heavy atom. The Morgan fingerprint density at radius 2 is 1.85 bits per heavy atom. The molecule has 0 amide bonds. The van der Waals surface area contributed by atoms with Crippen LogP contribution in [0.15, 0.2) is 24.3 Å². The molecule has 2 N–H and O–H groups in total. The van der Waals surface area contributed by atoms with Gasteiger partial charge in [-0.25, -0.2) is 0 Å². The zero-order valence-corrected chi connectivity index (χ0v) is 12.6. The maximum Gasteiger partial charge on any atom is 0.144 e. The highest BCUT2D eigenvalue weighted by atomic mass is 35.5. The molecule has 1 aromatic carbocycles. The third-order valence-electron chi connectivity index (χ3n) is 2.64. The highest BCUT2D eigenvalue weighted by Crippen LogP contribution is 2.32. The molecule has 0 spiro atoms. The van der Waals surface area contributed by atoms with E-state index in [2.05, 4.69) is 4.98 Å². The van der Waals surface area contributed by atoms with Crippen molar-refractivity contribution >= 4 is 28.9 Å². The number of benzene rings is 1. The molecule has 1 heterocycles. The molecule has 0 bridgehead atoms. The van der Waals surface area contributed by atoms with Gasteiger partial charge in [0.25, 0.3) is 0 Å². The number of nitrogens with zero attached hydrogens (tertiary/aromatic N) is 1. The van der Waals surface area contributed by atoms with Crippen molar-refractivity contribution in [3.05, 3.63) is 45.7 Å². The van der Waals surface area contributed by atoms with Crippen molar-refractivity contribution in [2.45, 2.75) is 13.5 Å². The number of rotatable bonds is 4. The van der Waals surface area contributed by atoms with Crippen LogP contribution in [0.4, 0.5) is 5.69 Å². The lowest BCUT2D eigenvalue weighted by atomic mass is 10.3. The van der Waals surface area contributed by atoms with Gasteiger partial charge in [0.05, 0.1) is 28.5 Å². The third-order valence-corrected chi connectivity index (χ3v) is 3.37. The van der Waals surface area contributed by atoms with Gasteiger partial charge in [-0.05, 0) is 13.0 Å². The van der Waals surface area contributed by atoms with Crippen LogP contribution < -0.4 is 15.2 Å². The number of aromatic nitrogens is 1. The van der Waals surface area contributed by atoms with E-state index in [0.29, 0.717) is 21.5 Å². The third kappa shape index (κ3) is 3.46. The van der Waals surface area contributed by atoms with Gasteiger partial charge < -0.3 is 15.2 Å². The maximum absolute atomic E-state index is 5.94. The standard InChI is InChI=1S/C14H14Cl2N2O2/c1-8-3-10(19-2)4-9(18-8)7-20-14-6-12(16)11(15)5-13(14)17/h3-6H,7,17H2,1-2H3. The van der Waals surface area contributed by atoms with Crippen molar-refractivity contribution in [1.29, 1.82) is 0 Å². The van der Waals surface area contributed by atoms with E-state index >= 15 is 0 Å². The number of hydrogen-bond acceptors (Lipinski definition) is 4. The van der Waals surface area contributed by atoms with E-state index < -0.39 is 0 Å². The molecular formula is C14H14Cl2N2O2. The van der Waals surface area contributed by atoms with Crippen LogP contribution in [0.2, 0.25) is 10.0 Å². The average molecular weight is 313 g/mol. The average Bonchev–Trinajstić information content (AvgIpc) is 2.40. The largest absolute Gasteiger partial charge is 0.497 e. The van der Waals surface area contributed by atoms with Gasteiger partial charge in [-0.15, -0.1) is 0 Å². The molecule has 106 valence electrons. The molecule has 6 heteroatoms. The smallest absolute Gasteiger partial charge is 0.144 e. The molecule has 20 heavy (non-hydrogen) atoms. The lowest BCUT2D eigenvalue weighted by Gasteiger charge is -2.11. The first-order valence-corrected chi connectivity index (χ1v) is 6.64. The lowest BCUT2D eigenvalue weighted by molar-refractivity contribution is 0.301. The monoisotopic (exact) mass is 312 g/mol. The van der Waals surface area contributed by atoms with Crippen LogP contribution in [0.3, 0.4) is 0 Å². The Bertz CT molecular complexity index is 633. The molecule has 2 rings (SSSR count). The van der Waals surface area contributed by atoms with E-state index in [0.717, 1.165) is 17.1 Å². The molecule has 0 atom stereocenters. The molecule has 0 unspecified atom stereocenters. The van der Waals surface area contributed by atoms with E-state index in [9.17, 15) is 0 Å². The second-order valence-corrected chi connectivity index (χ2v) is 5.05. The zero-order chi connectivity index (χ0) is 14.7. The number of ether oxygens (including phenoxy) is 2. The predicted octanol–water partition coefficient (Wildman–Crippen LogP) is 3.87. The number of halogens is 2. The summed E-state index contributed by atoms with van der Waals surface area (Å²) in [6.07, 6.45) is 0. The zero-order valence-electron chi connectivity index (χ0n) is 11.1. The second kappa shape index (κ2) is 6.20. The lowest BCUT2D eigenvalue weighted by Crippen LogP contribution is -2.02. The van der Waals surface area contributed by atoms with Gasteiger partial charge >= 0.3 is 0 Å². The number of methoxy groups -OCH3 is 1. The van der Waals surface area contributed by atoms with Gasteiger partial charge in [0.2, 0.25) is 0 Å². The summed E-state index contributed by atoms with van der Waals surface area (Å²) in [4.78, 5) is 4.36. The Balaban J connectivity index is 2.16. The first-order valence-electron chi connectivity index (χ1n) is 5.88. The van der Waals surface area contributed by atoms with E-state index in [1.54, 1.807) is 25.3 Å². The number of nitrogen functional groups attached to an aromatic ring is 1. The molecule has 0 saturated carbocycles. The summed E-state index contributed by atoms with van der Waals surface area (Å²) in [7, 11) is 1.61. The van der Waals surface area contributed by atoms with Gasteiger partial charge in [0, 0.05) is 23.9 Å². The SMILES string of the molecule is COc1cc(C)nc(COc2cc(Cl)c(Cl)cc2N)c1. The van der Waals surface area contributed by atoms with Gasteiger partial charge in [0.1, 0.15) is 18.1 Å². The van der Waals surface area contributed by atoms with Crippen molar-refractivity contribution in [2.24, 2.45) is 0 Å². The molecule has 0 radical (unpaired) electrons. The Hall–Kier alpha value is -1.65. The van der Waals surface area contributed by atoms with Crippen LogP contribution in [0.1, 0.15) is 11.4 Å². The van der Waals surface area contributed by atoms with E-state index in [4.69, 9.17) is 38.4 Å². The molecule has 4 nitrogen and oxygen atoms in total. The Labute approximate surface area is 127 Å². The number of nitrogens with two attached hydrogens (primary N) is 1. The second-order valence-electron chi connectivity index (χ2n) is 4.23. The normalized spacial score (nSPS) is 10.4. The van der Waals surface area contributed by atoms with Crippen molar-refractivity contribution in [3.63, 3.8) is 0 Å². The summed E-state index contributed by atoms with van der Waals surface area (Å²) in [5, 5.41) is 0.789. The molecule has 0 aliphatic carbocycles. The van der Waals surface area contributed by atoms with Gasteiger partial charge in [0.15, 0.2) is 0 Å². The van der Waals surface area contributed by atoms with E-state index in [1.807, 2.05) is 13.0 Å². The maximum atomic E-state index is 5.94. The Kier molecular flexibility index (Phi) is 4.57. The summed E-state index contributed by atoms with van der Waals surface area (Å²) in [5.41, 5.74) is 7.85. The van der Waals surface area contributed by atoms with Crippen molar-refractivity contribution in [3.8, 4) is 11.5 Å². The van der Waals surface area contributed by atoms with Crippen LogP contribution in [0, 0.1) is 6.92 Å². The van der Waals surface area contributed by atoms with Crippen LogP contribution in [0.5, 0.6) is 11.5 Å². The number of pyridine rings is 1. The van der Waals surface area contributed by atoms with E-state index in [1.165, 1.54) is 0 Å². The van der Waals surface area contributed by atoms with Crippen LogP contribution in [-0.4, -0.2) is 12.1 Å².